The largest absolute Gasteiger partial charge is 0.347 e. The monoisotopic (exact) mass is 317 g/mol. The van der Waals surface area contributed by atoms with E-state index in [1.54, 1.807) is 17.0 Å². The van der Waals surface area contributed by atoms with Gasteiger partial charge in [0.1, 0.15) is 0 Å². The van der Waals surface area contributed by atoms with Crippen molar-refractivity contribution in [2.45, 2.75) is 52.2 Å². The molecule has 3 N–H and O–H groups in total. The van der Waals surface area contributed by atoms with Crippen LogP contribution in [0.5, 0.6) is 0 Å². The second-order valence-corrected chi connectivity index (χ2v) is 7.46. The normalized spacial score (nSPS) is 22.7. The summed E-state index contributed by atoms with van der Waals surface area (Å²) in [6.07, 6.45) is 0.751. The molecule has 2 amide bonds. The van der Waals surface area contributed by atoms with Gasteiger partial charge in [-0.05, 0) is 30.9 Å². The van der Waals surface area contributed by atoms with Crippen LogP contribution in [-0.4, -0.2) is 41.4 Å². The molecular formula is C18H27N3O2. The minimum absolute atomic E-state index is 0.0335. The lowest BCUT2D eigenvalue weighted by Gasteiger charge is -2.32. The molecule has 0 radical (unpaired) electrons. The first-order valence-corrected chi connectivity index (χ1v) is 8.12. The number of hydrogen-bond donors (Lipinski definition) is 2. The van der Waals surface area contributed by atoms with Crippen molar-refractivity contribution in [3.8, 4) is 0 Å². The van der Waals surface area contributed by atoms with Gasteiger partial charge in [0.05, 0.1) is 6.04 Å². The zero-order valence-electron chi connectivity index (χ0n) is 14.4. The molecule has 0 saturated carbocycles. The molecule has 3 atom stereocenters. The molecule has 5 heteroatoms. The predicted molar refractivity (Wildman–Crippen MR) is 90.9 cm³/mol. The average molecular weight is 317 g/mol. The number of nitrogens with one attached hydrogen (secondary N) is 1. The SMILES string of the molecule is CC1CC(NC(=O)c2ccccc2)CN1C(=O)C(N)C(C)(C)C. The van der Waals surface area contributed by atoms with Gasteiger partial charge in [0.25, 0.3) is 5.91 Å². The highest BCUT2D eigenvalue weighted by atomic mass is 16.2. The van der Waals surface area contributed by atoms with Gasteiger partial charge in [0.2, 0.25) is 5.91 Å². The third-order valence-corrected chi connectivity index (χ3v) is 4.43. The summed E-state index contributed by atoms with van der Waals surface area (Å²) >= 11 is 0. The molecule has 23 heavy (non-hydrogen) atoms. The zero-order valence-corrected chi connectivity index (χ0v) is 14.4. The van der Waals surface area contributed by atoms with Gasteiger partial charge in [0, 0.05) is 24.2 Å². The molecule has 1 fully saturated rings. The van der Waals surface area contributed by atoms with E-state index in [1.165, 1.54) is 0 Å². The zero-order chi connectivity index (χ0) is 17.2. The third kappa shape index (κ3) is 4.10. The van der Waals surface area contributed by atoms with Gasteiger partial charge in [-0.25, -0.2) is 0 Å². The molecule has 1 aliphatic heterocycles. The number of hydrogen-bond acceptors (Lipinski definition) is 3. The number of likely N-dealkylation sites (tertiary alicyclic amines) is 1. The van der Waals surface area contributed by atoms with Crippen molar-refractivity contribution < 1.29 is 9.59 Å². The smallest absolute Gasteiger partial charge is 0.251 e. The van der Waals surface area contributed by atoms with E-state index in [-0.39, 0.29) is 29.3 Å². The van der Waals surface area contributed by atoms with Crippen LogP contribution < -0.4 is 11.1 Å². The van der Waals surface area contributed by atoms with E-state index in [1.807, 2.05) is 45.9 Å². The van der Waals surface area contributed by atoms with Crippen molar-refractivity contribution in [3.05, 3.63) is 35.9 Å². The molecule has 0 aliphatic carbocycles. The Morgan fingerprint density at radius 3 is 2.43 bits per heavy atom. The maximum Gasteiger partial charge on any atom is 0.251 e. The second-order valence-electron chi connectivity index (χ2n) is 7.46. The summed E-state index contributed by atoms with van der Waals surface area (Å²) in [4.78, 5) is 26.6. The fourth-order valence-electron chi connectivity index (χ4n) is 2.85. The van der Waals surface area contributed by atoms with E-state index in [0.717, 1.165) is 6.42 Å². The minimum atomic E-state index is -0.534. The van der Waals surface area contributed by atoms with E-state index in [2.05, 4.69) is 5.32 Å². The predicted octanol–water partition coefficient (Wildman–Crippen LogP) is 1.78. The van der Waals surface area contributed by atoms with Gasteiger partial charge < -0.3 is 16.0 Å². The lowest BCUT2D eigenvalue weighted by atomic mass is 9.86. The summed E-state index contributed by atoms with van der Waals surface area (Å²) < 4.78 is 0. The van der Waals surface area contributed by atoms with Crippen LogP contribution >= 0.6 is 0 Å². The molecular weight excluding hydrogens is 290 g/mol. The third-order valence-electron chi connectivity index (χ3n) is 4.43. The molecule has 1 aromatic carbocycles. The summed E-state index contributed by atoms with van der Waals surface area (Å²) in [6, 6.07) is 8.63. The first-order chi connectivity index (χ1) is 10.7. The van der Waals surface area contributed by atoms with Gasteiger partial charge in [0.15, 0.2) is 0 Å². The molecule has 1 heterocycles. The van der Waals surface area contributed by atoms with E-state index in [4.69, 9.17) is 5.73 Å². The summed E-state index contributed by atoms with van der Waals surface area (Å²) in [5, 5.41) is 3.01. The van der Waals surface area contributed by atoms with Crippen LogP contribution in [0.1, 0.15) is 44.5 Å². The van der Waals surface area contributed by atoms with E-state index in [9.17, 15) is 9.59 Å². The van der Waals surface area contributed by atoms with Gasteiger partial charge >= 0.3 is 0 Å². The van der Waals surface area contributed by atoms with Crippen LogP contribution in [0.15, 0.2) is 30.3 Å². The summed E-state index contributed by atoms with van der Waals surface area (Å²) in [5.74, 6) is -0.140. The van der Waals surface area contributed by atoms with Crippen LogP contribution in [0.25, 0.3) is 0 Å². The molecule has 1 aliphatic rings. The van der Waals surface area contributed by atoms with Crippen LogP contribution in [0.3, 0.4) is 0 Å². The van der Waals surface area contributed by atoms with Crippen molar-refractivity contribution in [1.82, 2.24) is 10.2 Å². The quantitative estimate of drug-likeness (QED) is 0.892. The highest BCUT2D eigenvalue weighted by Gasteiger charge is 2.38. The Bertz CT molecular complexity index is 565. The summed E-state index contributed by atoms with van der Waals surface area (Å²) in [6.45, 7) is 8.41. The lowest BCUT2D eigenvalue weighted by Crippen LogP contribution is -2.52. The lowest BCUT2D eigenvalue weighted by molar-refractivity contribution is -0.135. The van der Waals surface area contributed by atoms with Crippen molar-refractivity contribution in [3.63, 3.8) is 0 Å². The highest BCUT2D eigenvalue weighted by Crippen LogP contribution is 2.24. The average Bonchev–Trinajstić information content (AvgIpc) is 2.86. The van der Waals surface area contributed by atoms with Crippen LogP contribution in [-0.2, 0) is 4.79 Å². The van der Waals surface area contributed by atoms with Gasteiger partial charge in [-0.2, -0.15) is 0 Å². The van der Waals surface area contributed by atoms with Crippen LogP contribution in [0.4, 0.5) is 0 Å². The van der Waals surface area contributed by atoms with Crippen molar-refractivity contribution >= 4 is 11.8 Å². The summed E-state index contributed by atoms with van der Waals surface area (Å²) in [7, 11) is 0. The first-order valence-electron chi connectivity index (χ1n) is 8.12. The molecule has 1 aromatic rings. The number of nitrogens with zero attached hydrogens (tertiary/aromatic N) is 1. The molecule has 1 saturated heterocycles. The molecule has 3 unspecified atom stereocenters. The molecule has 5 nitrogen and oxygen atoms in total. The van der Waals surface area contributed by atoms with Crippen LogP contribution in [0.2, 0.25) is 0 Å². The van der Waals surface area contributed by atoms with E-state index >= 15 is 0 Å². The van der Waals surface area contributed by atoms with Gasteiger partial charge in [-0.15, -0.1) is 0 Å². The number of amides is 2. The first kappa shape index (κ1) is 17.5. The van der Waals surface area contributed by atoms with E-state index in [0.29, 0.717) is 12.1 Å². The molecule has 0 bridgehead atoms. The second kappa shape index (κ2) is 6.71. The summed E-state index contributed by atoms with van der Waals surface area (Å²) in [5.41, 5.74) is 6.46. The Morgan fingerprint density at radius 2 is 1.87 bits per heavy atom. The molecule has 0 spiro atoms. The van der Waals surface area contributed by atoms with Crippen molar-refractivity contribution in [2.75, 3.05) is 6.54 Å². The molecule has 126 valence electrons. The topological polar surface area (TPSA) is 75.4 Å². The van der Waals surface area contributed by atoms with Crippen LogP contribution in [0, 0.1) is 5.41 Å². The van der Waals surface area contributed by atoms with Crippen molar-refractivity contribution in [1.29, 1.82) is 0 Å². The standard InChI is InChI=1S/C18H27N3O2/c1-12-10-14(20-16(22)13-8-6-5-7-9-13)11-21(12)17(23)15(19)18(2,3)4/h5-9,12,14-15H,10-11,19H2,1-4H3,(H,20,22). The number of benzene rings is 1. The Kier molecular flexibility index (Phi) is 5.09. The fourth-order valence-corrected chi connectivity index (χ4v) is 2.85. The van der Waals surface area contributed by atoms with Gasteiger partial charge in [-0.3, -0.25) is 9.59 Å². The minimum Gasteiger partial charge on any atom is -0.347 e. The number of carbonyl (C=O) groups excluding carboxylic acids is 2. The Morgan fingerprint density at radius 1 is 1.26 bits per heavy atom. The number of nitrogens with two attached hydrogens (primary N) is 1. The molecule has 2 rings (SSSR count). The Hall–Kier alpha value is -1.88. The molecule has 0 aromatic heterocycles. The fraction of sp³-hybridized carbons (Fsp3) is 0.556. The van der Waals surface area contributed by atoms with E-state index < -0.39 is 6.04 Å². The number of carbonyl (C=O) groups is 2. The maximum atomic E-state index is 12.6. The number of rotatable bonds is 3. The highest BCUT2D eigenvalue weighted by molar-refractivity contribution is 5.94. The van der Waals surface area contributed by atoms with Crippen molar-refractivity contribution in [2.24, 2.45) is 11.1 Å². The maximum absolute atomic E-state index is 12.6. The van der Waals surface area contributed by atoms with Gasteiger partial charge in [-0.1, -0.05) is 39.0 Å². The Labute approximate surface area is 138 Å². The Balaban J connectivity index is 1.99.